The molecule has 3 atom stereocenters. The standard InChI is InChI=1S/C29H43N2O5P.ClH/c1-21-22(2)27(37)19-16-23(21)12-10-8-6-4-3-5-7-9-11-13-28(33)30-26(20-32)29(34)24-14-17-25(18-15-24)31(35)36;/h14-19,26,29,32,34H,3-13,20,37H2,1-2H3,(H,30,33);1H/t26-,29-;/m1./s1. The Morgan fingerprint density at radius 1 is 0.921 bits per heavy atom. The molecule has 212 valence electrons. The van der Waals surface area contributed by atoms with Crippen LogP contribution in [0.15, 0.2) is 36.4 Å². The Bertz CT molecular complexity index is 1000. The molecule has 0 radical (unpaired) electrons. The van der Waals surface area contributed by atoms with Crippen LogP contribution in [0.4, 0.5) is 5.69 Å². The molecule has 0 aliphatic heterocycles. The van der Waals surface area contributed by atoms with E-state index < -0.39 is 23.7 Å². The van der Waals surface area contributed by atoms with E-state index in [9.17, 15) is 25.1 Å². The van der Waals surface area contributed by atoms with E-state index in [4.69, 9.17) is 0 Å². The average molecular weight is 567 g/mol. The zero-order chi connectivity index (χ0) is 27.2. The molecule has 0 saturated heterocycles. The quantitative estimate of drug-likeness (QED) is 0.0971. The minimum absolute atomic E-state index is 0. The number of non-ortho nitro benzene ring substituents is 1. The van der Waals surface area contributed by atoms with Crippen molar-refractivity contribution >= 4 is 38.5 Å². The van der Waals surface area contributed by atoms with Gasteiger partial charge in [0, 0.05) is 18.6 Å². The molecule has 0 aliphatic rings. The summed E-state index contributed by atoms with van der Waals surface area (Å²) in [5.41, 5.74) is 4.60. The van der Waals surface area contributed by atoms with Crippen LogP contribution in [0.1, 0.15) is 92.6 Å². The van der Waals surface area contributed by atoms with Gasteiger partial charge in [-0.3, -0.25) is 14.9 Å². The number of unbranched alkanes of at least 4 members (excludes halogenated alkanes) is 8. The lowest BCUT2D eigenvalue weighted by Crippen LogP contribution is -2.41. The maximum atomic E-state index is 12.3. The number of carbonyl (C=O) groups excluding carboxylic acids is 1. The summed E-state index contributed by atoms with van der Waals surface area (Å²) in [7, 11) is 2.81. The molecule has 7 nitrogen and oxygen atoms in total. The van der Waals surface area contributed by atoms with Crippen LogP contribution in [-0.2, 0) is 11.2 Å². The Hall–Kier alpha value is -2.05. The number of nitro groups is 1. The Labute approximate surface area is 235 Å². The van der Waals surface area contributed by atoms with Gasteiger partial charge in [0.15, 0.2) is 0 Å². The van der Waals surface area contributed by atoms with Crippen molar-refractivity contribution in [2.45, 2.75) is 96.6 Å². The summed E-state index contributed by atoms with van der Waals surface area (Å²) in [4.78, 5) is 22.5. The SMILES string of the molecule is Cc1c(P)ccc(CCCCCCCCCCCC(=O)N[C@H](CO)[C@H](O)c2ccc([N+](=O)[O-])cc2)c1C.Cl. The summed E-state index contributed by atoms with van der Waals surface area (Å²) >= 11 is 0. The highest BCUT2D eigenvalue weighted by atomic mass is 35.5. The monoisotopic (exact) mass is 566 g/mol. The van der Waals surface area contributed by atoms with E-state index in [0.717, 1.165) is 25.7 Å². The van der Waals surface area contributed by atoms with Gasteiger partial charge >= 0.3 is 0 Å². The van der Waals surface area contributed by atoms with Crippen LogP contribution in [0.25, 0.3) is 0 Å². The summed E-state index contributed by atoms with van der Waals surface area (Å²) < 4.78 is 0. The second-order valence-corrected chi connectivity index (χ2v) is 10.5. The molecule has 0 aromatic heterocycles. The predicted molar refractivity (Wildman–Crippen MR) is 159 cm³/mol. The molecule has 0 bridgehead atoms. The van der Waals surface area contributed by atoms with Crippen LogP contribution < -0.4 is 10.6 Å². The molecular formula is C29H44ClN2O5P. The maximum absolute atomic E-state index is 12.3. The minimum atomic E-state index is -1.14. The highest BCUT2D eigenvalue weighted by molar-refractivity contribution is 7.27. The van der Waals surface area contributed by atoms with E-state index in [0.29, 0.717) is 12.0 Å². The number of benzene rings is 2. The molecule has 0 spiro atoms. The third-order valence-corrected chi connectivity index (χ3v) is 7.79. The second kappa shape index (κ2) is 18.3. The van der Waals surface area contributed by atoms with Crippen LogP contribution in [0.3, 0.4) is 0 Å². The Morgan fingerprint density at radius 2 is 1.47 bits per heavy atom. The zero-order valence-electron chi connectivity index (χ0n) is 22.7. The topological polar surface area (TPSA) is 113 Å². The predicted octanol–water partition coefficient (Wildman–Crippen LogP) is 5.79. The molecule has 0 saturated carbocycles. The van der Waals surface area contributed by atoms with E-state index in [-0.39, 0.29) is 24.0 Å². The Kier molecular flexibility index (Phi) is 16.3. The van der Waals surface area contributed by atoms with Gasteiger partial charge in [-0.05, 0) is 72.8 Å². The number of rotatable bonds is 17. The van der Waals surface area contributed by atoms with Crippen LogP contribution >= 0.6 is 21.6 Å². The zero-order valence-corrected chi connectivity index (χ0v) is 24.6. The Balaban J connectivity index is 0.00000722. The van der Waals surface area contributed by atoms with Gasteiger partial charge < -0.3 is 15.5 Å². The fourth-order valence-corrected chi connectivity index (χ4v) is 4.85. The summed E-state index contributed by atoms with van der Waals surface area (Å²) in [6, 6.07) is 9.05. The third kappa shape index (κ3) is 11.4. The largest absolute Gasteiger partial charge is 0.394 e. The smallest absolute Gasteiger partial charge is 0.269 e. The summed E-state index contributed by atoms with van der Waals surface area (Å²) in [5.74, 6) is -0.210. The highest BCUT2D eigenvalue weighted by Gasteiger charge is 2.22. The molecule has 0 heterocycles. The van der Waals surface area contributed by atoms with Gasteiger partial charge in [0.2, 0.25) is 5.91 Å². The molecule has 1 amide bonds. The van der Waals surface area contributed by atoms with Crippen molar-refractivity contribution in [3.8, 4) is 0 Å². The maximum Gasteiger partial charge on any atom is 0.269 e. The number of hydrogen-bond donors (Lipinski definition) is 3. The van der Waals surface area contributed by atoms with Gasteiger partial charge in [0.25, 0.3) is 5.69 Å². The van der Waals surface area contributed by atoms with Crippen LogP contribution in [-0.4, -0.2) is 33.7 Å². The van der Waals surface area contributed by atoms with E-state index in [1.165, 1.54) is 84.8 Å². The van der Waals surface area contributed by atoms with E-state index >= 15 is 0 Å². The lowest BCUT2D eigenvalue weighted by molar-refractivity contribution is -0.384. The first-order valence-electron chi connectivity index (χ1n) is 13.4. The summed E-state index contributed by atoms with van der Waals surface area (Å²) in [5, 5.41) is 34.8. The normalized spacial score (nSPS) is 12.4. The van der Waals surface area contributed by atoms with Crippen LogP contribution in [0.5, 0.6) is 0 Å². The highest BCUT2D eigenvalue weighted by Crippen LogP contribution is 2.21. The van der Waals surface area contributed by atoms with Crippen molar-refractivity contribution in [3.63, 3.8) is 0 Å². The number of amides is 1. The van der Waals surface area contributed by atoms with E-state index in [1.807, 2.05) is 0 Å². The molecule has 2 rings (SSSR count). The Morgan fingerprint density at radius 3 is 2.03 bits per heavy atom. The molecule has 2 aromatic rings. The van der Waals surface area contributed by atoms with Crippen LogP contribution in [0, 0.1) is 24.0 Å². The van der Waals surface area contributed by atoms with Crippen molar-refractivity contribution in [1.29, 1.82) is 0 Å². The van der Waals surface area contributed by atoms with Gasteiger partial charge in [-0.25, -0.2) is 0 Å². The molecule has 2 aromatic carbocycles. The van der Waals surface area contributed by atoms with E-state index in [2.05, 4.69) is 40.5 Å². The number of aliphatic hydroxyl groups is 2. The number of hydrogen-bond acceptors (Lipinski definition) is 5. The molecular weight excluding hydrogens is 523 g/mol. The summed E-state index contributed by atoms with van der Waals surface area (Å²) in [6.07, 6.45) is 10.6. The van der Waals surface area contributed by atoms with Crippen molar-refractivity contribution in [2.75, 3.05) is 6.61 Å². The number of nitrogens with zero attached hydrogens (tertiary/aromatic N) is 1. The first-order chi connectivity index (χ1) is 17.7. The molecule has 9 heteroatoms. The number of carbonyl (C=O) groups is 1. The van der Waals surface area contributed by atoms with Crippen molar-refractivity contribution < 1.29 is 19.9 Å². The second-order valence-electron chi connectivity index (χ2n) is 9.90. The van der Waals surface area contributed by atoms with Crippen LogP contribution in [0.2, 0.25) is 0 Å². The number of aryl methyl sites for hydroxylation is 1. The third-order valence-electron chi connectivity index (χ3n) is 7.16. The molecule has 0 aliphatic carbocycles. The number of aliphatic hydroxyl groups excluding tert-OH is 2. The molecule has 1 unspecified atom stereocenters. The first-order valence-corrected chi connectivity index (χ1v) is 14.0. The van der Waals surface area contributed by atoms with Gasteiger partial charge in [-0.2, -0.15) is 0 Å². The van der Waals surface area contributed by atoms with Crippen molar-refractivity contribution in [3.05, 3.63) is 68.8 Å². The number of nitrogens with one attached hydrogen (secondary N) is 1. The van der Waals surface area contributed by atoms with Gasteiger partial charge in [-0.1, -0.05) is 57.1 Å². The minimum Gasteiger partial charge on any atom is -0.394 e. The van der Waals surface area contributed by atoms with E-state index in [1.54, 1.807) is 0 Å². The first kappa shape index (κ1) is 34.0. The molecule has 0 fully saturated rings. The van der Waals surface area contributed by atoms with Gasteiger partial charge in [0.05, 0.1) is 17.6 Å². The number of nitro benzene ring substituents is 1. The molecule has 38 heavy (non-hydrogen) atoms. The van der Waals surface area contributed by atoms with Crippen molar-refractivity contribution in [1.82, 2.24) is 5.32 Å². The fraction of sp³-hybridized carbons (Fsp3) is 0.552. The van der Waals surface area contributed by atoms with Gasteiger partial charge in [-0.15, -0.1) is 21.6 Å². The van der Waals surface area contributed by atoms with Gasteiger partial charge in [0.1, 0.15) is 6.10 Å². The number of halogens is 1. The summed E-state index contributed by atoms with van der Waals surface area (Å²) in [6.45, 7) is 3.99. The molecule has 3 N–H and O–H groups in total. The fourth-order valence-electron chi connectivity index (χ4n) is 4.54. The average Bonchev–Trinajstić information content (AvgIpc) is 2.89. The lowest BCUT2D eigenvalue weighted by Gasteiger charge is -2.22. The lowest BCUT2D eigenvalue weighted by atomic mass is 9.98. The van der Waals surface area contributed by atoms with Crippen molar-refractivity contribution in [2.24, 2.45) is 0 Å².